The summed E-state index contributed by atoms with van der Waals surface area (Å²) in [6.45, 7) is 10.00. The highest BCUT2D eigenvalue weighted by atomic mass is 16.6. The maximum Gasteiger partial charge on any atom is 0.407 e. The number of ether oxygens (including phenoxy) is 3. The molecule has 2 fully saturated rings. The molecule has 0 bridgehead atoms. The van der Waals surface area contributed by atoms with Gasteiger partial charge in [0, 0.05) is 32.4 Å². The van der Waals surface area contributed by atoms with Gasteiger partial charge in [-0.25, -0.2) is 9.78 Å². The molecule has 5 rings (SSSR count). The van der Waals surface area contributed by atoms with Gasteiger partial charge >= 0.3 is 6.09 Å². The Bertz CT molecular complexity index is 960. The Hall–Kier alpha value is -2.80. The smallest absolute Gasteiger partial charge is 0.407 e. The van der Waals surface area contributed by atoms with Crippen molar-refractivity contribution in [2.75, 3.05) is 26.2 Å². The van der Waals surface area contributed by atoms with E-state index in [4.69, 9.17) is 14.2 Å². The van der Waals surface area contributed by atoms with Gasteiger partial charge < -0.3 is 19.5 Å². The summed E-state index contributed by atoms with van der Waals surface area (Å²) in [7, 11) is 0. The lowest BCUT2D eigenvalue weighted by Gasteiger charge is -2.26. The summed E-state index contributed by atoms with van der Waals surface area (Å²) in [4.78, 5) is 18.6. The monoisotopic (exact) mass is 437 g/mol. The van der Waals surface area contributed by atoms with E-state index in [9.17, 15) is 4.79 Å². The molecule has 3 atom stereocenters. The fourth-order valence-electron chi connectivity index (χ4n) is 4.85. The number of fused-ring (bicyclic) bond motifs is 2. The molecule has 1 saturated heterocycles. The van der Waals surface area contributed by atoms with Crippen LogP contribution in [0.1, 0.15) is 38.0 Å². The first-order chi connectivity index (χ1) is 15.4. The number of nitrogens with one attached hydrogen (secondary N) is 1. The molecule has 7 nitrogen and oxygen atoms in total. The van der Waals surface area contributed by atoms with Crippen LogP contribution in [0.4, 0.5) is 4.79 Å². The van der Waals surface area contributed by atoms with Crippen molar-refractivity contribution in [2.45, 2.75) is 39.0 Å². The third-order valence-electron chi connectivity index (χ3n) is 6.47. The Morgan fingerprint density at radius 2 is 1.94 bits per heavy atom. The second-order valence-corrected chi connectivity index (χ2v) is 10.0. The molecule has 1 aromatic heterocycles. The third-order valence-corrected chi connectivity index (χ3v) is 6.47. The molecule has 170 valence electrons. The largest absolute Gasteiger partial charge is 0.484 e. The van der Waals surface area contributed by atoms with Crippen LogP contribution in [0.2, 0.25) is 0 Å². The zero-order valence-corrected chi connectivity index (χ0v) is 18.9. The molecular weight excluding hydrogens is 406 g/mol. The van der Waals surface area contributed by atoms with Gasteiger partial charge in [0.05, 0.1) is 0 Å². The van der Waals surface area contributed by atoms with Crippen LogP contribution in [-0.4, -0.2) is 47.8 Å². The molecule has 1 aromatic carbocycles. The van der Waals surface area contributed by atoms with Gasteiger partial charge in [-0.3, -0.25) is 4.90 Å². The fraction of sp³-hybridized carbons (Fsp3) is 0.520. The molecule has 2 aliphatic heterocycles. The predicted octanol–water partition coefficient (Wildman–Crippen LogP) is 3.80. The van der Waals surface area contributed by atoms with Gasteiger partial charge in [-0.2, -0.15) is 0 Å². The Balaban J connectivity index is 1.07. The van der Waals surface area contributed by atoms with E-state index in [0.29, 0.717) is 42.5 Å². The third kappa shape index (κ3) is 4.67. The summed E-state index contributed by atoms with van der Waals surface area (Å²) >= 11 is 0. The molecule has 1 amide bonds. The number of hydrogen-bond donors (Lipinski definition) is 1. The van der Waals surface area contributed by atoms with Crippen LogP contribution in [0.15, 0.2) is 42.6 Å². The van der Waals surface area contributed by atoms with Gasteiger partial charge in [0.1, 0.15) is 12.2 Å². The van der Waals surface area contributed by atoms with E-state index in [-0.39, 0.29) is 12.2 Å². The highest BCUT2D eigenvalue weighted by Crippen LogP contribution is 2.51. The van der Waals surface area contributed by atoms with Crippen LogP contribution in [0.5, 0.6) is 11.6 Å². The lowest BCUT2D eigenvalue weighted by Crippen LogP contribution is -2.35. The predicted molar refractivity (Wildman–Crippen MR) is 120 cm³/mol. The van der Waals surface area contributed by atoms with Gasteiger partial charge in [0.25, 0.3) is 5.88 Å². The zero-order valence-electron chi connectivity index (χ0n) is 18.9. The summed E-state index contributed by atoms with van der Waals surface area (Å²) in [5, 5.41) is 2.93. The highest BCUT2D eigenvalue weighted by molar-refractivity contribution is 5.67. The zero-order chi connectivity index (χ0) is 22.3. The van der Waals surface area contributed by atoms with Gasteiger partial charge in [-0.05, 0) is 61.8 Å². The van der Waals surface area contributed by atoms with Crippen molar-refractivity contribution in [1.82, 2.24) is 15.2 Å². The lowest BCUT2D eigenvalue weighted by molar-refractivity contribution is 0.0522. The van der Waals surface area contributed by atoms with E-state index < -0.39 is 5.60 Å². The molecule has 1 N–H and O–H groups in total. The number of alkyl carbamates (subject to hydrolysis) is 1. The first kappa shape index (κ1) is 21.1. The minimum absolute atomic E-state index is 0.135. The summed E-state index contributed by atoms with van der Waals surface area (Å²) < 4.78 is 17.1. The number of aromatic nitrogens is 1. The van der Waals surface area contributed by atoms with Crippen molar-refractivity contribution < 1.29 is 19.0 Å². The van der Waals surface area contributed by atoms with Crippen molar-refractivity contribution in [3.8, 4) is 11.6 Å². The second-order valence-electron chi connectivity index (χ2n) is 10.0. The Kier molecular flexibility index (Phi) is 5.45. The number of carbonyl (C=O) groups is 1. The number of likely N-dealkylation sites (tertiary alicyclic amines) is 1. The van der Waals surface area contributed by atoms with Crippen LogP contribution in [0.25, 0.3) is 0 Å². The van der Waals surface area contributed by atoms with E-state index in [1.54, 1.807) is 6.20 Å². The van der Waals surface area contributed by atoms with Crippen LogP contribution >= 0.6 is 0 Å². The van der Waals surface area contributed by atoms with E-state index in [1.165, 1.54) is 5.56 Å². The summed E-state index contributed by atoms with van der Waals surface area (Å²) in [5.74, 6) is 3.21. The number of benzene rings is 1. The summed E-state index contributed by atoms with van der Waals surface area (Å²) in [6, 6.07) is 12.3. The average Bonchev–Trinajstić information content (AvgIpc) is 3.22. The van der Waals surface area contributed by atoms with E-state index in [1.807, 2.05) is 32.9 Å². The Morgan fingerprint density at radius 1 is 1.19 bits per heavy atom. The molecule has 3 aliphatic rings. The van der Waals surface area contributed by atoms with Gasteiger partial charge in [-0.1, -0.05) is 24.3 Å². The first-order valence-electron chi connectivity index (χ1n) is 11.4. The lowest BCUT2D eigenvalue weighted by atomic mass is 10.1. The standard InChI is InChI=1S/C25H31N3O4/c1-25(2,3)32-24(29)27-11-18-19-13-28(14-20(18)19)12-16-6-8-17(9-7-16)22-15-30-21-5-4-10-26-23(21)31-22/h4-10,18-20,22H,11-15H2,1-3H3,(H,27,29). The molecule has 0 spiro atoms. The number of amides is 1. The van der Waals surface area contributed by atoms with E-state index >= 15 is 0 Å². The SMILES string of the molecule is CC(C)(C)OC(=O)NCC1C2CN(Cc3ccc(C4COc5cccnc5O4)cc3)CC12. The number of pyridine rings is 1. The molecule has 0 radical (unpaired) electrons. The van der Waals surface area contributed by atoms with Gasteiger partial charge in [-0.15, -0.1) is 0 Å². The topological polar surface area (TPSA) is 72.9 Å². The van der Waals surface area contributed by atoms with Crippen molar-refractivity contribution in [3.63, 3.8) is 0 Å². The van der Waals surface area contributed by atoms with E-state index in [2.05, 4.69) is 39.5 Å². The molecule has 3 heterocycles. The minimum Gasteiger partial charge on any atom is -0.484 e. The second kappa shape index (κ2) is 8.28. The number of nitrogens with zero attached hydrogens (tertiary/aromatic N) is 2. The molecule has 32 heavy (non-hydrogen) atoms. The average molecular weight is 438 g/mol. The number of carbonyl (C=O) groups excluding carboxylic acids is 1. The minimum atomic E-state index is -0.451. The van der Waals surface area contributed by atoms with Crippen LogP contribution in [-0.2, 0) is 11.3 Å². The normalized spacial score (nSPS) is 26.3. The molecule has 3 unspecified atom stereocenters. The Labute approximate surface area is 189 Å². The fourth-order valence-corrected chi connectivity index (χ4v) is 4.85. The molecule has 2 aromatic rings. The van der Waals surface area contributed by atoms with Crippen LogP contribution < -0.4 is 14.8 Å². The molecule has 1 aliphatic carbocycles. The number of piperidine rings is 1. The molecule has 7 heteroatoms. The quantitative estimate of drug-likeness (QED) is 0.767. The van der Waals surface area contributed by atoms with Crippen molar-refractivity contribution in [3.05, 3.63) is 53.7 Å². The Morgan fingerprint density at radius 3 is 2.66 bits per heavy atom. The number of rotatable bonds is 5. The highest BCUT2D eigenvalue weighted by Gasteiger charge is 2.55. The maximum atomic E-state index is 11.9. The van der Waals surface area contributed by atoms with Crippen molar-refractivity contribution in [2.24, 2.45) is 17.8 Å². The first-order valence-corrected chi connectivity index (χ1v) is 11.4. The maximum absolute atomic E-state index is 11.9. The summed E-state index contributed by atoms with van der Waals surface area (Å²) in [5.41, 5.74) is 1.95. The van der Waals surface area contributed by atoms with Crippen LogP contribution in [0, 0.1) is 17.8 Å². The van der Waals surface area contributed by atoms with Gasteiger partial charge in [0.2, 0.25) is 0 Å². The van der Waals surface area contributed by atoms with Crippen molar-refractivity contribution in [1.29, 1.82) is 0 Å². The molecule has 1 saturated carbocycles. The van der Waals surface area contributed by atoms with E-state index in [0.717, 1.165) is 25.2 Å². The van der Waals surface area contributed by atoms with Gasteiger partial charge in [0.15, 0.2) is 11.9 Å². The number of hydrogen-bond acceptors (Lipinski definition) is 6. The van der Waals surface area contributed by atoms with Crippen molar-refractivity contribution >= 4 is 6.09 Å². The van der Waals surface area contributed by atoms with Crippen LogP contribution in [0.3, 0.4) is 0 Å². The molecular formula is C25H31N3O4. The summed E-state index contributed by atoms with van der Waals surface area (Å²) in [6.07, 6.45) is 1.27.